The molecule has 0 heterocycles. The van der Waals surface area contributed by atoms with Gasteiger partial charge in [0.2, 0.25) is 0 Å². The Morgan fingerprint density at radius 2 is 1.93 bits per heavy atom. The molecule has 2 N–H and O–H groups in total. The van der Waals surface area contributed by atoms with Crippen molar-refractivity contribution >= 4 is 11.6 Å². The number of hydrogen-bond donors (Lipinski definition) is 1. The molecule has 0 bridgehead atoms. The Morgan fingerprint density at radius 3 is 2.40 bits per heavy atom. The minimum atomic E-state index is -4.58. The van der Waals surface area contributed by atoms with Crippen LogP contribution in [-0.4, -0.2) is 6.67 Å². The van der Waals surface area contributed by atoms with Gasteiger partial charge in [0.15, 0.2) is 0 Å². The van der Waals surface area contributed by atoms with E-state index in [4.69, 9.17) is 17.3 Å². The average Bonchev–Trinajstić information content (AvgIpc) is 2.15. The van der Waals surface area contributed by atoms with Gasteiger partial charge in [0.25, 0.3) is 0 Å². The van der Waals surface area contributed by atoms with E-state index in [-0.39, 0.29) is 5.02 Å². The number of nitrogens with two attached hydrogens (primary N) is 1. The summed E-state index contributed by atoms with van der Waals surface area (Å²) in [5, 5.41) is -0.171. The standard InChI is InChI=1S/C9H8ClF4N/c10-6-3-1-2-5(9(12,13)14)8(6)7(15)4-11/h1-3,7H,4,15H2/t7-/m1/s1. The van der Waals surface area contributed by atoms with Crippen molar-refractivity contribution < 1.29 is 17.6 Å². The lowest BCUT2D eigenvalue weighted by molar-refractivity contribution is -0.138. The second-order valence-electron chi connectivity index (χ2n) is 2.96. The number of rotatable bonds is 2. The summed E-state index contributed by atoms with van der Waals surface area (Å²) in [6.45, 7) is -1.09. The van der Waals surface area contributed by atoms with Crippen LogP contribution in [-0.2, 0) is 6.18 Å². The van der Waals surface area contributed by atoms with Crippen LogP contribution in [0.5, 0.6) is 0 Å². The van der Waals surface area contributed by atoms with E-state index in [9.17, 15) is 17.6 Å². The van der Waals surface area contributed by atoms with Crippen LogP contribution in [0.3, 0.4) is 0 Å². The Hall–Kier alpha value is -0.810. The average molecular weight is 242 g/mol. The Morgan fingerprint density at radius 1 is 1.33 bits per heavy atom. The Bertz CT molecular complexity index is 350. The first-order chi connectivity index (χ1) is 6.88. The molecule has 0 saturated carbocycles. The first-order valence-electron chi connectivity index (χ1n) is 4.05. The highest BCUT2D eigenvalue weighted by atomic mass is 35.5. The van der Waals surface area contributed by atoms with Gasteiger partial charge >= 0.3 is 6.18 Å². The van der Waals surface area contributed by atoms with Gasteiger partial charge in [0.05, 0.1) is 11.6 Å². The number of benzene rings is 1. The highest BCUT2D eigenvalue weighted by Crippen LogP contribution is 2.37. The van der Waals surface area contributed by atoms with Crippen molar-refractivity contribution in [2.45, 2.75) is 12.2 Å². The molecule has 0 amide bonds. The van der Waals surface area contributed by atoms with E-state index in [1.807, 2.05) is 0 Å². The maximum absolute atomic E-state index is 12.5. The third kappa shape index (κ3) is 2.60. The van der Waals surface area contributed by atoms with E-state index in [0.717, 1.165) is 12.1 Å². The van der Waals surface area contributed by atoms with Gasteiger partial charge in [0.1, 0.15) is 6.67 Å². The molecule has 1 atom stereocenters. The van der Waals surface area contributed by atoms with Crippen molar-refractivity contribution in [2.24, 2.45) is 5.73 Å². The topological polar surface area (TPSA) is 26.0 Å². The van der Waals surface area contributed by atoms with E-state index in [2.05, 4.69) is 0 Å². The normalized spacial score (nSPS) is 14.0. The Labute approximate surface area is 88.8 Å². The zero-order valence-corrected chi connectivity index (χ0v) is 8.24. The lowest BCUT2D eigenvalue weighted by Gasteiger charge is -2.17. The van der Waals surface area contributed by atoms with Gasteiger partial charge in [-0.3, -0.25) is 0 Å². The molecule has 84 valence electrons. The van der Waals surface area contributed by atoms with Gasteiger partial charge in [-0.1, -0.05) is 17.7 Å². The van der Waals surface area contributed by atoms with Crippen LogP contribution in [0, 0.1) is 0 Å². The van der Waals surface area contributed by atoms with Gasteiger partial charge in [-0.25, -0.2) is 4.39 Å². The molecule has 0 aliphatic rings. The van der Waals surface area contributed by atoms with Gasteiger partial charge < -0.3 is 5.73 Å². The highest BCUT2D eigenvalue weighted by molar-refractivity contribution is 6.31. The summed E-state index contributed by atoms with van der Waals surface area (Å²) in [7, 11) is 0. The van der Waals surface area contributed by atoms with Gasteiger partial charge in [-0.05, 0) is 12.1 Å². The SMILES string of the molecule is N[C@H](CF)c1c(Cl)cccc1C(F)(F)F. The van der Waals surface area contributed by atoms with Crippen LogP contribution < -0.4 is 5.73 Å². The van der Waals surface area contributed by atoms with Crippen LogP contribution in [0.15, 0.2) is 18.2 Å². The molecular weight excluding hydrogens is 234 g/mol. The predicted octanol–water partition coefficient (Wildman–Crippen LogP) is 3.33. The van der Waals surface area contributed by atoms with Crippen LogP contribution in [0.2, 0.25) is 5.02 Å². The van der Waals surface area contributed by atoms with Crippen LogP contribution in [0.1, 0.15) is 17.2 Å². The summed E-state index contributed by atoms with van der Waals surface area (Å²) < 4.78 is 49.7. The molecular formula is C9H8ClF4N. The molecule has 0 radical (unpaired) electrons. The summed E-state index contributed by atoms with van der Waals surface area (Å²) in [6, 6.07) is 1.88. The van der Waals surface area contributed by atoms with Crippen molar-refractivity contribution in [3.05, 3.63) is 34.3 Å². The van der Waals surface area contributed by atoms with Crippen LogP contribution >= 0.6 is 11.6 Å². The summed E-state index contributed by atoms with van der Waals surface area (Å²) in [5.74, 6) is 0. The van der Waals surface area contributed by atoms with Gasteiger partial charge in [-0.2, -0.15) is 13.2 Å². The van der Waals surface area contributed by atoms with E-state index in [1.165, 1.54) is 6.07 Å². The molecule has 0 unspecified atom stereocenters. The highest BCUT2D eigenvalue weighted by Gasteiger charge is 2.35. The third-order valence-corrected chi connectivity index (χ3v) is 2.22. The molecule has 1 nitrogen and oxygen atoms in total. The predicted molar refractivity (Wildman–Crippen MR) is 49.4 cm³/mol. The molecule has 1 aromatic rings. The Kier molecular flexibility index (Phi) is 3.57. The third-order valence-electron chi connectivity index (χ3n) is 1.90. The van der Waals surface area contributed by atoms with E-state index >= 15 is 0 Å². The lowest BCUT2D eigenvalue weighted by Crippen LogP contribution is -2.19. The Balaban J connectivity index is 3.33. The number of halogens is 5. The molecule has 0 fully saturated rings. The summed E-state index contributed by atoms with van der Waals surface area (Å²) in [6.07, 6.45) is -4.58. The molecule has 6 heteroatoms. The van der Waals surface area contributed by atoms with Gasteiger partial charge in [0, 0.05) is 10.6 Å². The largest absolute Gasteiger partial charge is 0.416 e. The van der Waals surface area contributed by atoms with Crippen molar-refractivity contribution in [1.29, 1.82) is 0 Å². The molecule has 0 spiro atoms. The fraction of sp³-hybridized carbons (Fsp3) is 0.333. The van der Waals surface area contributed by atoms with E-state index in [1.54, 1.807) is 0 Å². The molecule has 15 heavy (non-hydrogen) atoms. The second kappa shape index (κ2) is 4.37. The number of hydrogen-bond acceptors (Lipinski definition) is 1. The molecule has 0 aliphatic carbocycles. The molecule has 0 saturated heterocycles. The van der Waals surface area contributed by atoms with Crippen molar-refractivity contribution in [2.75, 3.05) is 6.67 Å². The summed E-state index contributed by atoms with van der Waals surface area (Å²) in [5.41, 5.74) is 3.85. The molecule has 0 aromatic heterocycles. The molecule has 1 aromatic carbocycles. The molecule has 0 aliphatic heterocycles. The number of alkyl halides is 4. The zero-order chi connectivity index (χ0) is 11.6. The smallest absolute Gasteiger partial charge is 0.322 e. The van der Waals surface area contributed by atoms with Crippen molar-refractivity contribution in [1.82, 2.24) is 0 Å². The van der Waals surface area contributed by atoms with Crippen LogP contribution in [0.4, 0.5) is 17.6 Å². The lowest BCUT2D eigenvalue weighted by atomic mass is 10.0. The summed E-state index contributed by atoms with van der Waals surface area (Å²) in [4.78, 5) is 0. The maximum Gasteiger partial charge on any atom is 0.416 e. The van der Waals surface area contributed by atoms with Crippen LogP contribution in [0.25, 0.3) is 0 Å². The van der Waals surface area contributed by atoms with Crippen molar-refractivity contribution in [3.8, 4) is 0 Å². The van der Waals surface area contributed by atoms with Crippen molar-refractivity contribution in [3.63, 3.8) is 0 Å². The monoisotopic (exact) mass is 241 g/mol. The maximum atomic E-state index is 12.5. The fourth-order valence-electron chi connectivity index (χ4n) is 1.24. The minimum absolute atomic E-state index is 0.171. The van der Waals surface area contributed by atoms with E-state index in [0.29, 0.717) is 0 Å². The summed E-state index contributed by atoms with van der Waals surface area (Å²) >= 11 is 5.56. The minimum Gasteiger partial charge on any atom is -0.322 e. The quantitative estimate of drug-likeness (QED) is 0.790. The first kappa shape index (κ1) is 12.3. The second-order valence-corrected chi connectivity index (χ2v) is 3.37. The first-order valence-corrected chi connectivity index (χ1v) is 4.43. The molecule has 1 rings (SSSR count). The van der Waals surface area contributed by atoms with Gasteiger partial charge in [-0.15, -0.1) is 0 Å². The zero-order valence-electron chi connectivity index (χ0n) is 7.48. The fourth-order valence-corrected chi connectivity index (χ4v) is 1.55. The van der Waals surface area contributed by atoms with E-state index < -0.39 is 30.0 Å².